The molecule has 2 N–H and O–H groups in total. The lowest BCUT2D eigenvalue weighted by atomic mass is 10.1. The van der Waals surface area contributed by atoms with E-state index >= 15 is 0 Å². The number of hydrogen-bond acceptors (Lipinski definition) is 2. The summed E-state index contributed by atoms with van der Waals surface area (Å²) in [5.74, 6) is -1.23. The van der Waals surface area contributed by atoms with Gasteiger partial charge < -0.3 is 5.73 Å². The van der Waals surface area contributed by atoms with Crippen molar-refractivity contribution in [2.45, 2.75) is 25.2 Å². The third-order valence-electron chi connectivity index (χ3n) is 3.05. The van der Waals surface area contributed by atoms with E-state index in [0.29, 0.717) is 18.7 Å². The van der Waals surface area contributed by atoms with Gasteiger partial charge >= 0.3 is 6.18 Å². The molecule has 0 saturated carbocycles. The van der Waals surface area contributed by atoms with Gasteiger partial charge in [0.25, 0.3) is 0 Å². The number of benzene rings is 1. The molecule has 0 aromatic heterocycles. The van der Waals surface area contributed by atoms with Crippen LogP contribution < -0.4 is 5.73 Å². The summed E-state index contributed by atoms with van der Waals surface area (Å²) in [5.41, 5.74) is 4.97. The van der Waals surface area contributed by atoms with Crippen LogP contribution in [0.25, 0.3) is 0 Å². The highest BCUT2D eigenvalue weighted by molar-refractivity contribution is 5.27. The van der Waals surface area contributed by atoms with Crippen molar-refractivity contribution >= 4 is 0 Å². The van der Waals surface area contributed by atoms with Crippen LogP contribution in [-0.2, 0) is 12.7 Å². The Morgan fingerprint density at radius 1 is 1.33 bits per heavy atom. The molecule has 1 atom stereocenters. The lowest BCUT2D eigenvalue weighted by Gasteiger charge is -2.16. The molecule has 6 heteroatoms. The summed E-state index contributed by atoms with van der Waals surface area (Å²) in [6.45, 7) is 1.80. The lowest BCUT2D eigenvalue weighted by molar-refractivity contribution is -0.140. The minimum Gasteiger partial charge on any atom is -0.326 e. The molecule has 1 aliphatic heterocycles. The number of nitrogens with zero attached hydrogens (tertiary/aromatic N) is 1. The zero-order valence-corrected chi connectivity index (χ0v) is 9.67. The molecule has 100 valence electrons. The van der Waals surface area contributed by atoms with Crippen LogP contribution in [-0.4, -0.2) is 24.0 Å². The van der Waals surface area contributed by atoms with Crippen molar-refractivity contribution in [3.63, 3.8) is 0 Å². The maximum absolute atomic E-state index is 13.1. The summed E-state index contributed by atoms with van der Waals surface area (Å²) < 4.78 is 50.7. The molecule has 0 radical (unpaired) electrons. The maximum atomic E-state index is 13.1. The van der Waals surface area contributed by atoms with Crippen molar-refractivity contribution in [1.29, 1.82) is 0 Å². The fourth-order valence-electron chi connectivity index (χ4n) is 2.15. The summed E-state index contributed by atoms with van der Waals surface area (Å²) in [7, 11) is 0. The third kappa shape index (κ3) is 3.00. The average molecular weight is 262 g/mol. The second-order valence-corrected chi connectivity index (χ2v) is 4.60. The molecule has 1 aromatic rings. The molecule has 0 bridgehead atoms. The van der Waals surface area contributed by atoms with Gasteiger partial charge in [-0.05, 0) is 24.1 Å². The van der Waals surface area contributed by atoms with E-state index in [2.05, 4.69) is 0 Å². The Hall–Kier alpha value is -1.14. The molecule has 1 fully saturated rings. The van der Waals surface area contributed by atoms with Crippen molar-refractivity contribution in [1.82, 2.24) is 4.90 Å². The highest BCUT2D eigenvalue weighted by atomic mass is 19.4. The molecule has 1 heterocycles. The van der Waals surface area contributed by atoms with Gasteiger partial charge in [-0.15, -0.1) is 0 Å². The van der Waals surface area contributed by atoms with Crippen molar-refractivity contribution in [3.05, 3.63) is 35.1 Å². The molecular formula is C12H14F4N2. The van der Waals surface area contributed by atoms with Crippen molar-refractivity contribution in [3.8, 4) is 0 Å². The Morgan fingerprint density at radius 3 is 2.61 bits per heavy atom. The largest absolute Gasteiger partial charge is 0.419 e. The van der Waals surface area contributed by atoms with E-state index in [9.17, 15) is 17.6 Å². The third-order valence-corrected chi connectivity index (χ3v) is 3.05. The molecule has 1 aliphatic rings. The average Bonchev–Trinajstić information content (AvgIpc) is 2.65. The quantitative estimate of drug-likeness (QED) is 0.829. The maximum Gasteiger partial charge on any atom is 0.419 e. The summed E-state index contributed by atoms with van der Waals surface area (Å²) in [6, 6.07) is 3.20. The van der Waals surface area contributed by atoms with Gasteiger partial charge in [-0.3, -0.25) is 4.90 Å². The molecule has 1 aromatic carbocycles. The van der Waals surface area contributed by atoms with Gasteiger partial charge in [0, 0.05) is 25.7 Å². The smallest absolute Gasteiger partial charge is 0.326 e. The Balaban J connectivity index is 2.15. The van der Waals surface area contributed by atoms with Crippen LogP contribution in [0.1, 0.15) is 17.5 Å². The normalized spacial score (nSPS) is 21.5. The SMILES string of the molecule is NC1CCN(Cc2ccc(F)c(C(F)(F)F)c2)C1. The van der Waals surface area contributed by atoms with Gasteiger partial charge in [-0.25, -0.2) is 4.39 Å². The molecule has 0 spiro atoms. The van der Waals surface area contributed by atoms with Crippen LogP contribution in [0.4, 0.5) is 17.6 Å². The van der Waals surface area contributed by atoms with Gasteiger partial charge in [0.2, 0.25) is 0 Å². The first-order chi connectivity index (χ1) is 8.36. The number of rotatable bonds is 2. The lowest BCUT2D eigenvalue weighted by Crippen LogP contribution is -2.26. The monoisotopic (exact) mass is 262 g/mol. The Labute approximate surface area is 102 Å². The van der Waals surface area contributed by atoms with E-state index in [1.54, 1.807) is 0 Å². The van der Waals surface area contributed by atoms with Gasteiger partial charge in [-0.2, -0.15) is 13.2 Å². The zero-order valence-electron chi connectivity index (χ0n) is 9.67. The number of halogens is 4. The van der Waals surface area contributed by atoms with E-state index in [1.165, 1.54) is 6.07 Å². The van der Waals surface area contributed by atoms with E-state index in [4.69, 9.17) is 5.73 Å². The van der Waals surface area contributed by atoms with Crippen LogP contribution in [0.3, 0.4) is 0 Å². The predicted octanol–water partition coefficient (Wildman–Crippen LogP) is 2.38. The van der Waals surface area contributed by atoms with Gasteiger partial charge in [0.1, 0.15) is 5.82 Å². The van der Waals surface area contributed by atoms with Crippen LogP contribution in [0.15, 0.2) is 18.2 Å². The standard InChI is InChI=1S/C12H14F4N2/c13-11-2-1-8(5-10(11)12(14,15)16)6-18-4-3-9(17)7-18/h1-2,5,9H,3-4,6-7,17H2. The van der Waals surface area contributed by atoms with Crippen LogP contribution in [0.2, 0.25) is 0 Å². The summed E-state index contributed by atoms with van der Waals surface area (Å²) >= 11 is 0. The highest BCUT2D eigenvalue weighted by Crippen LogP contribution is 2.32. The second kappa shape index (κ2) is 4.85. The van der Waals surface area contributed by atoms with Gasteiger partial charge in [0.15, 0.2) is 0 Å². The molecule has 0 amide bonds. The van der Waals surface area contributed by atoms with E-state index in [0.717, 1.165) is 25.1 Å². The molecule has 18 heavy (non-hydrogen) atoms. The van der Waals surface area contributed by atoms with E-state index in [1.807, 2.05) is 4.90 Å². The van der Waals surface area contributed by atoms with Crippen LogP contribution >= 0.6 is 0 Å². The molecular weight excluding hydrogens is 248 g/mol. The molecule has 2 rings (SSSR count). The van der Waals surface area contributed by atoms with Crippen molar-refractivity contribution in [2.24, 2.45) is 5.73 Å². The molecule has 1 saturated heterocycles. The van der Waals surface area contributed by atoms with E-state index < -0.39 is 17.6 Å². The predicted molar refractivity (Wildman–Crippen MR) is 59.3 cm³/mol. The summed E-state index contributed by atoms with van der Waals surface area (Å²) in [6.07, 6.45) is -3.81. The van der Waals surface area contributed by atoms with E-state index in [-0.39, 0.29) is 6.04 Å². The fraction of sp³-hybridized carbons (Fsp3) is 0.500. The second-order valence-electron chi connectivity index (χ2n) is 4.60. The first-order valence-corrected chi connectivity index (χ1v) is 5.70. The number of hydrogen-bond donors (Lipinski definition) is 1. The highest BCUT2D eigenvalue weighted by Gasteiger charge is 2.34. The summed E-state index contributed by atoms with van der Waals surface area (Å²) in [5, 5.41) is 0. The summed E-state index contributed by atoms with van der Waals surface area (Å²) in [4.78, 5) is 1.97. The van der Waals surface area contributed by atoms with Gasteiger partial charge in [-0.1, -0.05) is 6.07 Å². The first-order valence-electron chi connectivity index (χ1n) is 5.70. The minimum absolute atomic E-state index is 0.0764. The Kier molecular flexibility index (Phi) is 3.59. The Morgan fingerprint density at radius 2 is 2.06 bits per heavy atom. The molecule has 0 aliphatic carbocycles. The van der Waals surface area contributed by atoms with Crippen molar-refractivity contribution < 1.29 is 17.6 Å². The molecule has 1 unspecified atom stereocenters. The fourth-order valence-corrected chi connectivity index (χ4v) is 2.15. The number of nitrogens with two attached hydrogens (primary N) is 1. The van der Waals surface area contributed by atoms with Crippen LogP contribution in [0.5, 0.6) is 0 Å². The minimum atomic E-state index is -4.65. The number of likely N-dealkylation sites (tertiary alicyclic amines) is 1. The topological polar surface area (TPSA) is 29.3 Å². The zero-order chi connectivity index (χ0) is 13.3. The molecule has 2 nitrogen and oxygen atoms in total. The first kappa shape index (κ1) is 13.3. The van der Waals surface area contributed by atoms with Crippen LogP contribution in [0, 0.1) is 5.82 Å². The Bertz CT molecular complexity index is 431. The van der Waals surface area contributed by atoms with Gasteiger partial charge in [0.05, 0.1) is 5.56 Å². The number of alkyl halides is 3. The van der Waals surface area contributed by atoms with Crippen molar-refractivity contribution in [2.75, 3.05) is 13.1 Å².